The second-order valence-corrected chi connectivity index (χ2v) is 4.65. The normalized spacial score (nSPS) is 10.6. The van der Waals surface area contributed by atoms with Gasteiger partial charge in [-0.15, -0.1) is 0 Å². The van der Waals surface area contributed by atoms with Crippen LogP contribution in [0, 0.1) is 0 Å². The van der Waals surface area contributed by atoms with Crippen LogP contribution in [0.5, 0.6) is 17.2 Å². The second kappa shape index (κ2) is 5.44. The molecule has 0 bridgehead atoms. The highest BCUT2D eigenvalue weighted by Crippen LogP contribution is 2.41. The van der Waals surface area contributed by atoms with Crippen molar-refractivity contribution in [3.63, 3.8) is 0 Å². The number of benzene rings is 2. The van der Waals surface area contributed by atoms with E-state index < -0.39 is 11.2 Å². The van der Waals surface area contributed by atoms with Crippen molar-refractivity contribution in [3.8, 4) is 28.6 Å². The SMILES string of the molecule is COc1cccc(-c2oc3ccccc3c(=O)c2O)c1OC. The lowest BCUT2D eigenvalue weighted by molar-refractivity contribution is 0.354. The maximum absolute atomic E-state index is 12.3. The third-order valence-electron chi connectivity index (χ3n) is 3.42. The Morgan fingerprint density at radius 3 is 2.50 bits per heavy atom. The molecule has 5 nitrogen and oxygen atoms in total. The molecule has 0 radical (unpaired) electrons. The summed E-state index contributed by atoms with van der Waals surface area (Å²) in [5.74, 6) is 0.471. The van der Waals surface area contributed by atoms with Crippen molar-refractivity contribution in [1.29, 1.82) is 0 Å². The van der Waals surface area contributed by atoms with E-state index in [2.05, 4.69) is 0 Å². The van der Waals surface area contributed by atoms with E-state index in [1.165, 1.54) is 14.2 Å². The van der Waals surface area contributed by atoms with Crippen molar-refractivity contribution < 1.29 is 19.0 Å². The molecular weight excluding hydrogens is 284 g/mol. The fourth-order valence-electron chi connectivity index (χ4n) is 2.38. The smallest absolute Gasteiger partial charge is 0.235 e. The largest absolute Gasteiger partial charge is 0.502 e. The number of aromatic hydroxyl groups is 1. The standard InChI is InChI=1S/C17H14O5/c1-20-13-9-5-7-11(16(13)21-2)17-15(19)14(18)10-6-3-4-8-12(10)22-17/h3-9,19H,1-2H3. The molecule has 0 unspecified atom stereocenters. The number of rotatable bonds is 3. The molecule has 112 valence electrons. The summed E-state index contributed by atoms with van der Waals surface area (Å²) in [7, 11) is 3.00. The minimum atomic E-state index is -0.485. The summed E-state index contributed by atoms with van der Waals surface area (Å²) in [6.07, 6.45) is 0. The predicted molar refractivity (Wildman–Crippen MR) is 82.7 cm³/mol. The van der Waals surface area contributed by atoms with Crippen LogP contribution in [-0.4, -0.2) is 19.3 Å². The van der Waals surface area contributed by atoms with E-state index in [1.807, 2.05) is 0 Å². The first kappa shape index (κ1) is 14.0. The topological polar surface area (TPSA) is 68.9 Å². The van der Waals surface area contributed by atoms with E-state index in [-0.39, 0.29) is 5.76 Å². The maximum Gasteiger partial charge on any atom is 0.235 e. The Bertz CT molecular complexity index is 895. The third kappa shape index (κ3) is 2.07. The zero-order valence-corrected chi connectivity index (χ0v) is 12.1. The van der Waals surface area contributed by atoms with E-state index in [0.717, 1.165) is 0 Å². The van der Waals surface area contributed by atoms with Crippen molar-refractivity contribution in [3.05, 3.63) is 52.7 Å². The molecule has 0 spiro atoms. The van der Waals surface area contributed by atoms with Crippen molar-refractivity contribution >= 4 is 11.0 Å². The molecule has 1 aromatic heterocycles. The molecule has 0 aliphatic carbocycles. The molecule has 1 heterocycles. The summed E-state index contributed by atoms with van der Waals surface area (Å²) in [6, 6.07) is 11.9. The van der Waals surface area contributed by atoms with Crippen LogP contribution in [0.3, 0.4) is 0 Å². The fourth-order valence-corrected chi connectivity index (χ4v) is 2.38. The highest BCUT2D eigenvalue weighted by atomic mass is 16.5. The Balaban J connectivity index is 2.36. The molecule has 3 aromatic rings. The Morgan fingerprint density at radius 2 is 1.77 bits per heavy atom. The van der Waals surface area contributed by atoms with Gasteiger partial charge in [0.15, 0.2) is 17.3 Å². The van der Waals surface area contributed by atoms with Crippen LogP contribution in [0.1, 0.15) is 0 Å². The summed E-state index contributed by atoms with van der Waals surface area (Å²) in [6.45, 7) is 0. The second-order valence-electron chi connectivity index (χ2n) is 4.65. The zero-order valence-electron chi connectivity index (χ0n) is 12.1. The Kier molecular flexibility index (Phi) is 3.47. The average molecular weight is 298 g/mol. The van der Waals surface area contributed by atoms with E-state index >= 15 is 0 Å². The lowest BCUT2D eigenvalue weighted by Crippen LogP contribution is -2.03. The van der Waals surface area contributed by atoms with Gasteiger partial charge in [0.05, 0.1) is 25.2 Å². The molecule has 1 N–H and O–H groups in total. The average Bonchev–Trinajstić information content (AvgIpc) is 2.57. The highest BCUT2D eigenvalue weighted by molar-refractivity contribution is 5.83. The number of hydrogen-bond acceptors (Lipinski definition) is 5. The van der Waals surface area contributed by atoms with E-state index in [1.54, 1.807) is 42.5 Å². The molecule has 0 atom stereocenters. The molecular formula is C17H14O5. The van der Waals surface area contributed by atoms with Gasteiger partial charge in [-0.1, -0.05) is 18.2 Å². The summed E-state index contributed by atoms with van der Waals surface area (Å²) in [5.41, 5.74) is 0.356. The monoisotopic (exact) mass is 298 g/mol. The lowest BCUT2D eigenvalue weighted by Gasteiger charge is -2.13. The Labute approximate surface area is 126 Å². The quantitative estimate of drug-likeness (QED) is 0.804. The summed E-state index contributed by atoms with van der Waals surface area (Å²) in [5, 5.41) is 10.6. The van der Waals surface area contributed by atoms with Gasteiger partial charge in [-0.25, -0.2) is 0 Å². The van der Waals surface area contributed by atoms with Gasteiger partial charge in [0.1, 0.15) is 5.58 Å². The summed E-state index contributed by atoms with van der Waals surface area (Å²) >= 11 is 0. The van der Waals surface area contributed by atoms with Crippen LogP contribution < -0.4 is 14.9 Å². The zero-order chi connectivity index (χ0) is 15.7. The molecule has 22 heavy (non-hydrogen) atoms. The van der Waals surface area contributed by atoms with Crippen molar-refractivity contribution in [1.82, 2.24) is 0 Å². The molecule has 0 amide bonds. The molecule has 0 saturated carbocycles. The summed E-state index contributed by atoms with van der Waals surface area (Å²) in [4.78, 5) is 12.3. The third-order valence-corrected chi connectivity index (χ3v) is 3.42. The van der Waals surface area contributed by atoms with Gasteiger partial charge in [-0.3, -0.25) is 4.79 Å². The first-order valence-corrected chi connectivity index (χ1v) is 6.63. The minimum absolute atomic E-state index is 0.0550. The maximum atomic E-state index is 12.3. The first-order valence-electron chi connectivity index (χ1n) is 6.63. The van der Waals surface area contributed by atoms with Crippen molar-refractivity contribution in [2.75, 3.05) is 14.2 Å². The molecule has 2 aromatic carbocycles. The first-order chi connectivity index (χ1) is 10.7. The van der Waals surface area contributed by atoms with Gasteiger partial charge in [0.2, 0.25) is 11.2 Å². The molecule has 0 fully saturated rings. The van der Waals surface area contributed by atoms with Crippen LogP contribution in [0.25, 0.3) is 22.3 Å². The molecule has 5 heteroatoms. The van der Waals surface area contributed by atoms with Crippen LogP contribution in [0.2, 0.25) is 0 Å². The van der Waals surface area contributed by atoms with Gasteiger partial charge in [0, 0.05) is 0 Å². The van der Waals surface area contributed by atoms with Gasteiger partial charge in [-0.2, -0.15) is 0 Å². The molecule has 0 aliphatic heterocycles. The summed E-state index contributed by atoms with van der Waals surface area (Å²) < 4.78 is 16.3. The molecule has 3 rings (SSSR count). The molecule has 0 aliphatic rings. The fraction of sp³-hybridized carbons (Fsp3) is 0.118. The highest BCUT2D eigenvalue weighted by Gasteiger charge is 2.20. The lowest BCUT2D eigenvalue weighted by atomic mass is 10.1. The van der Waals surface area contributed by atoms with Gasteiger partial charge < -0.3 is 19.0 Å². The van der Waals surface area contributed by atoms with Crippen molar-refractivity contribution in [2.45, 2.75) is 0 Å². The number of fused-ring (bicyclic) bond motifs is 1. The van der Waals surface area contributed by atoms with E-state index in [0.29, 0.717) is 28.0 Å². The molecule has 0 saturated heterocycles. The van der Waals surface area contributed by atoms with Crippen molar-refractivity contribution in [2.24, 2.45) is 0 Å². The van der Waals surface area contributed by atoms with Crippen LogP contribution in [0.15, 0.2) is 51.7 Å². The number of ether oxygens (including phenoxy) is 2. The van der Waals surface area contributed by atoms with Gasteiger partial charge in [-0.05, 0) is 24.3 Å². The minimum Gasteiger partial charge on any atom is -0.502 e. The van der Waals surface area contributed by atoms with Crippen LogP contribution in [-0.2, 0) is 0 Å². The Hall–Kier alpha value is -2.95. The van der Waals surface area contributed by atoms with Gasteiger partial charge in [0.25, 0.3) is 0 Å². The van der Waals surface area contributed by atoms with Gasteiger partial charge >= 0.3 is 0 Å². The van der Waals surface area contributed by atoms with E-state index in [4.69, 9.17) is 13.9 Å². The number of methoxy groups -OCH3 is 2. The predicted octanol–water partition coefficient (Wildman–Crippen LogP) is 3.18. The van der Waals surface area contributed by atoms with E-state index in [9.17, 15) is 9.90 Å². The number of para-hydroxylation sites is 2. The van der Waals surface area contributed by atoms with Crippen LogP contribution >= 0.6 is 0 Å². The van der Waals surface area contributed by atoms with Crippen LogP contribution in [0.4, 0.5) is 0 Å². The number of hydrogen-bond donors (Lipinski definition) is 1. The Morgan fingerprint density at radius 1 is 1.00 bits per heavy atom.